The third kappa shape index (κ3) is 5.06. The zero-order valence-electron chi connectivity index (χ0n) is 18.8. The molecule has 1 fully saturated rings. The number of H-pyrrole nitrogens is 1. The highest BCUT2D eigenvalue weighted by Gasteiger charge is 2.36. The second-order valence-electron chi connectivity index (χ2n) is 7.74. The average Bonchev–Trinajstić information content (AvgIpc) is 3.16. The summed E-state index contributed by atoms with van der Waals surface area (Å²) in [6.45, 7) is 3.53. The highest BCUT2D eigenvalue weighted by atomic mass is 32.2. The number of sulfonamides is 1. The first-order valence-electron chi connectivity index (χ1n) is 10.2. The molecule has 3 rings (SSSR count). The Morgan fingerprint density at radius 3 is 2.21 bits per heavy atom. The number of nitrogens with zero attached hydrogens (tertiary/aromatic N) is 2. The Hall–Kier alpha value is -3.25. The van der Waals surface area contributed by atoms with Gasteiger partial charge in [0.15, 0.2) is 0 Å². The monoisotopic (exact) mass is 478 g/mol. The number of aryl methyl sites for hydroxylation is 2. The van der Waals surface area contributed by atoms with E-state index in [2.05, 4.69) is 15.5 Å². The van der Waals surface area contributed by atoms with E-state index in [9.17, 15) is 22.8 Å². The number of esters is 2. The van der Waals surface area contributed by atoms with Crippen LogP contribution in [-0.4, -0.2) is 68.1 Å². The largest absolute Gasteiger partial charge is 0.465 e. The predicted molar refractivity (Wildman–Crippen MR) is 117 cm³/mol. The van der Waals surface area contributed by atoms with Crippen molar-refractivity contribution < 1.29 is 32.3 Å². The summed E-state index contributed by atoms with van der Waals surface area (Å²) in [4.78, 5) is 37.0. The second kappa shape index (κ2) is 9.71. The molecule has 2 N–H and O–H groups in total. The van der Waals surface area contributed by atoms with E-state index in [4.69, 9.17) is 9.47 Å². The first kappa shape index (κ1) is 24.4. The maximum absolute atomic E-state index is 13.2. The minimum atomic E-state index is -3.82. The van der Waals surface area contributed by atoms with Crippen molar-refractivity contribution in [3.8, 4) is 0 Å². The first-order chi connectivity index (χ1) is 15.6. The molecule has 0 saturated carbocycles. The number of carbonyl (C=O) groups is 3. The molecule has 0 spiro atoms. The molecular formula is C21H26N4O7S. The van der Waals surface area contributed by atoms with Gasteiger partial charge < -0.3 is 14.8 Å². The number of hydrogen-bond acceptors (Lipinski definition) is 8. The van der Waals surface area contributed by atoms with Crippen LogP contribution in [0.3, 0.4) is 0 Å². The Bertz CT molecular complexity index is 1140. The number of nitrogens with one attached hydrogen (secondary N) is 2. The lowest BCUT2D eigenvalue weighted by Crippen LogP contribution is -2.44. The third-order valence-corrected chi connectivity index (χ3v) is 7.59. The van der Waals surface area contributed by atoms with E-state index in [0.717, 1.165) is 0 Å². The molecule has 1 aromatic heterocycles. The minimum Gasteiger partial charge on any atom is -0.465 e. The zero-order valence-corrected chi connectivity index (χ0v) is 19.6. The van der Waals surface area contributed by atoms with Crippen molar-refractivity contribution in [3.05, 3.63) is 40.7 Å². The molecule has 1 aromatic carbocycles. The lowest BCUT2D eigenvalue weighted by molar-refractivity contribution is -0.120. The first-order valence-corrected chi connectivity index (χ1v) is 11.7. The van der Waals surface area contributed by atoms with Crippen molar-refractivity contribution in [1.29, 1.82) is 0 Å². The van der Waals surface area contributed by atoms with Gasteiger partial charge in [-0.25, -0.2) is 18.0 Å². The van der Waals surface area contributed by atoms with E-state index < -0.39 is 33.8 Å². The lowest BCUT2D eigenvalue weighted by atomic mass is 9.98. The molecule has 1 saturated heterocycles. The number of methoxy groups -OCH3 is 2. The Labute approximate surface area is 191 Å². The van der Waals surface area contributed by atoms with Gasteiger partial charge in [-0.3, -0.25) is 9.89 Å². The van der Waals surface area contributed by atoms with Crippen molar-refractivity contribution in [2.24, 2.45) is 5.92 Å². The fraction of sp³-hybridized carbons (Fsp3) is 0.429. The minimum absolute atomic E-state index is 0.00121. The Kier molecular flexibility index (Phi) is 7.18. The number of amides is 1. The second-order valence-corrected chi connectivity index (χ2v) is 9.61. The third-order valence-electron chi connectivity index (χ3n) is 5.46. The van der Waals surface area contributed by atoms with Gasteiger partial charge in [0.2, 0.25) is 15.9 Å². The van der Waals surface area contributed by atoms with Crippen LogP contribution in [0.5, 0.6) is 0 Å². The van der Waals surface area contributed by atoms with E-state index in [1.54, 1.807) is 13.8 Å². The average molecular weight is 479 g/mol. The highest BCUT2D eigenvalue weighted by molar-refractivity contribution is 7.89. The molecule has 1 aliphatic rings. The summed E-state index contributed by atoms with van der Waals surface area (Å²) in [5.74, 6) is -2.41. The summed E-state index contributed by atoms with van der Waals surface area (Å²) in [5, 5.41) is 9.32. The van der Waals surface area contributed by atoms with E-state index in [1.165, 1.54) is 36.7 Å². The summed E-state index contributed by atoms with van der Waals surface area (Å²) < 4.78 is 37.0. The normalized spacial score (nSPS) is 16.8. The van der Waals surface area contributed by atoms with Crippen molar-refractivity contribution in [3.63, 3.8) is 0 Å². The maximum atomic E-state index is 13.2. The van der Waals surface area contributed by atoms with Crippen LogP contribution in [-0.2, 0) is 24.3 Å². The number of hydrogen-bond donors (Lipinski definition) is 2. The fourth-order valence-corrected chi connectivity index (χ4v) is 5.70. The molecule has 1 atom stereocenters. The van der Waals surface area contributed by atoms with Crippen LogP contribution in [0.15, 0.2) is 23.1 Å². The summed E-state index contributed by atoms with van der Waals surface area (Å²) >= 11 is 0. The molecule has 0 bridgehead atoms. The fourth-order valence-electron chi connectivity index (χ4n) is 3.84. The van der Waals surface area contributed by atoms with Crippen molar-refractivity contribution in [2.45, 2.75) is 31.6 Å². The van der Waals surface area contributed by atoms with Gasteiger partial charge in [-0.15, -0.1) is 0 Å². The molecule has 11 nitrogen and oxygen atoms in total. The molecule has 1 aliphatic heterocycles. The topological polar surface area (TPSA) is 148 Å². The van der Waals surface area contributed by atoms with Crippen LogP contribution in [0.2, 0.25) is 0 Å². The summed E-state index contributed by atoms with van der Waals surface area (Å²) in [5.41, 5.74) is 1.14. The summed E-state index contributed by atoms with van der Waals surface area (Å²) in [6.07, 6.45) is 0.991. The maximum Gasteiger partial charge on any atom is 0.337 e. The zero-order chi connectivity index (χ0) is 24.3. The van der Waals surface area contributed by atoms with Gasteiger partial charge in [-0.2, -0.15) is 9.40 Å². The predicted octanol–water partition coefficient (Wildman–Crippen LogP) is 1.64. The quantitative estimate of drug-likeness (QED) is 0.596. The van der Waals surface area contributed by atoms with E-state index in [0.29, 0.717) is 30.8 Å². The number of carbonyl (C=O) groups excluding carboxylic acids is 3. The van der Waals surface area contributed by atoms with Crippen molar-refractivity contribution in [2.75, 3.05) is 32.6 Å². The van der Waals surface area contributed by atoms with Gasteiger partial charge in [0, 0.05) is 18.8 Å². The molecule has 2 heterocycles. The van der Waals surface area contributed by atoms with Crippen molar-refractivity contribution in [1.82, 2.24) is 14.5 Å². The molecular weight excluding hydrogens is 452 g/mol. The number of benzene rings is 1. The number of anilines is 1. The molecule has 0 unspecified atom stereocenters. The standard InChI is InChI=1S/C21H26N4O7S/c1-12-18(13(2)24-23-12)33(29,30)25-7-5-6-14(11-25)19(26)22-17-9-15(20(27)31-3)8-16(10-17)21(28)32-4/h8-10,14H,5-7,11H2,1-4H3,(H,22,26)(H,23,24)/t14-/m1/s1. The Morgan fingerprint density at radius 1 is 1.09 bits per heavy atom. The number of aromatic amines is 1. The smallest absolute Gasteiger partial charge is 0.337 e. The molecule has 0 aliphatic carbocycles. The van der Waals surface area contributed by atoms with Gasteiger partial charge in [0.05, 0.1) is 42.7 Å². The van der Waals surface area contributed by atoms with Crippen LogP contribution in [0.4, 0.5) is 5.69 Å². The summed E-state index contributed by atoms with van der Waals surface area (Å²) in [6, 6.07) is 4.06. The van der Waals surface area contributed by atoms with Crippen LogP contribution in [0.1, 0.15) is 44.9 Å². The molecule has 0 radical (unpaired) electrons. The molecule has 12 heteroatoms. The number of aromatic nitrogens is 2. The Balaban J connectivity index is 1.82. The van der Waals surface area contributed by atoms with Gasteiger partial charge in [0.25, 0.3) is 0 Å². The van der Waals surface area contributed by atoms with Crippen molar-refractivity contribution >= 4 is 33.6 Å². The molecule has 1 amide bonds. The molecule has 178 valence electrons. The summed E-state index contributed by atoms with van der Waals surface area (Å²) in [7, 11) is -1.42. The highest BCUT2D eigenvalue weighted by Crippen LogP contribution is 2.28. The van der Waals surface area contributed by atoms with Crippen LogP contribution < -0.4 is 5.32 Å². The van der Waals surface area contributed by atoms with Gasteiger partial charge >= 0.3 is 11.9 Å². The molecule has 2 aromatic rings. The van der Waals surface area contributed by atoms with E-state index in [-0.39, 0.29) is 28.3 Å². The van der Waals surface area contributed by atoms with Gasteiger partial charge in [-0.1, -0.05) is 0 Å². The molecule has 33 heavy (non-hydrogen) atoms. The van der Waals surface area contributed by atoms with E-state index >= 15 is 0 Å². The lowest BCUT2D eigenvalue weighted by Gasteiger charge is -2.31. The van der Waals surface area contributed by atoms with Crippen LogP contribution in [0, 0.1) is 19.8 Å². The number of rotatable bonds is 6. The number of ether oxygens (including phenoxy) is 2. The number of piperidine rings is 1. The van der Waals surface area contributed by atoms with E-state index in [1.807, 2.05) is 0 Å². The van der Waals surface area contributed by atoms with Gasteiger partial charge in [-0.05, 0) is 44.9 Å². The van der Waals surface area contributed by atoms with Gasteiger partial charge in [0.1, 0.15) is 4.90 Å². The van der Waals surface area contributed by atoms with Crippen LogP contribution >= 0.6 is 0 Å². The van der Waals surface area contributed by atoms with Crippen LogP contribution in [0.25, 0.3) is 0 Å². The SMILES string of the molecule is COC(=O)c1cc(NC(=O)[C@@H]2CCCN(S(=O)(=O)c3c(C)n[nH]c3C)C2)cc(C(=O)OC)c1. The Morgan fingerprint density at radius 2 is 1.70 bits per heavy atom.